The minimum absolute atomic E-state index is 0.0471. The maximum atomic E-state index is 10.5. The lowest BCUT2D eigenvalue weighted by Crippen LogP contribution is -2.47. The van der Waals surface area contributed by atoms with Crippen molar-refractivity contribution in [1.29, 1.82) is 0 Å². The first-order chi connectivity index (χ1) is 14.8. The lowest BCUT2D eigenvalue weighted by Gasteiger charge is -2.42. The molecule has 1 heterocycles. The van der Waals surface area contributed by atoms with Crippen LogP contribution >= 0.6 is 15.9 Å². The van der Waals surface area contributed by atoms with E-state index in [4.69, 9.17) is 14.2 Å². The predicted octanol–water partition coefficient (Wildman–Crippen LogP) is 4.72. The maximum Gasteiger partial charge on any atom is 0.201 e. The van der Waals surface area contributed by atoms with E-state index >= 15 is 0 Å². The van der Waals surface area contributed by atoms with Crippen LogP contribution < -0.4 is 4.74 Å². The van der Waals surface area contributed by atoms with Crippen LogP contribution in [0.5, 0.6) is 5.75 Å². The van der Waals surface area contributed by atoms with E-state index in [2.05, 4.69) is 47.1 Å². The van der Waals surface area contributed by atoms with E-state index in [0.717, 1.165) is 28.4 Å². The Kier molecular flexibility index (Phi) is 8.16. The molecule has 1 aliphatic rings. The largest absolute Gasteiger partial charge is 0.490 e. The minimum atomic E-state index is -1.20. The van der Waals surface area contributed by atoms with Gasteiger partial charge in [0.2, 0.25) is 5.79 Å². The molecule has 6 heteroatoms. The summed E-state index contributed by atoms with van der Waals surface area (Å²) in [5.74, 6) is -0.559. The Hall–Kier alpha value is -1.44. The standard InChI is InChI=1S/C25H33BrO5/c1-5-17-6-8-18(9-7-17)10-19-11-22(24(13-23(19)26)30-16(2)3)25(29-4)14-20(28)12-21(15-27)31-25/h6-9,11,13,16,20-21,27-28H,5,10,12,14-15H2,1-4H3. The fraction of sp³-hybridized carbons (Fsp3) is 0.520. The Bertz CT molecular complexity index is 867. The van der Waals surface area contributed by atoms with Gasteiger partial charge >= 0.3 is 0 Å². The number of halogens is 1. The average Bonchev–Trinajstić information content (AvgIpc) is 2.75. The number of benzene rings is 2. The van der Waals surface area contributed by atoms with Gasteiger partial charge in [-0.25, -0.2) is 0 Å². The van der Waals surface area contributed by atoms with Crippen LogP contribution in [0.1, 0.15) is 55.9 Å². The van der Waals surface area contributed by atoms with Crippen LogP contribution in [0.3, 0.4) is 0 Å². The summed E-state index contributed by atoms with van der Waals surface area (Å²) in [5, 5.41) is 20.2. The molecular weight excluding hydrogens is 460 g/mol. The molecule has 0 bridgehead atoms. The molecule has 0 spiro atoms. The SMILES string of the molecule is CCc1ccc(Cc2cc(C3(OC)CC(O)CC(CO)O3)c(OC(C)C)cc2Br)cc1. The van der Waals surface area contributed by atoms with Crippen molar-refractivity contribution in [2.75, 3.05) is 13.7 Å². The van der Waals surface area contributed by atoms with Crippen LogP contribution in [0.25, 0.3) is 0 Å². The smallest absolute Gasteiger partial charge is 0.201 e. The molecule has 1 fully saturated rings. The summed E-state index contributed by atoms with van der Waals surface area (Å²) >= 11 is 3.71. The molecule has 2 aromatic rings. The van der Waals surface area contributed by atoms with E-state index in [9.17, 15) is 10.2 Å². The maximum absolute atomic E-state index is 10.5. The molecule has 31 heavy (non-hydrogen) atoms. The monoisotopic (exact) mass is 492 g/mol. The van der Waals surface area contributed by atoms with Crippen LogP contribution in [0.4, 0.5) is 0 Å². The molecule has 0 amide bonds. The van der Waals surface area contributed by atoms with Crippen molar-refractivity contribution in [3.63, 3.8) is 0 Å². The Morgan fingerprint density at radius 3 is 2.45 bits per heavy atom. The number of hydrogen-bond donors (Lipinski definition) is 2. The summed E-state index contributed by atoms with van der Waals surface area (Å²) in [4.78, 5) is 0. The number of rotatable bonds is 8. The summed E-state index contributed by atoms with van der Waals surface area (Å²) in [5.41, 5.74) is 4.30. The van der Waals surface area contributed by atoms with Crippen molar-refractivity contribution >= 4 is 15.9 Å². The summed E-state index contributed by atoms with van der Waals surface area (Å²) in [7, 11) is 1.57. The number of aryl methyl sites for hydroxylation is 1. The Labute approximate surface area is 193 Å². The molecule has 2 N–H and O–H groups in total. The molecule has 0 radical (unpaired) electrons. The molecule has 3 rings (SSSR count). The molecule has 0 saturated carbocycles. The van der Waals surface area contributed by atoms with Gasteiger partial charge in [0.1, 0.15) is 5.75 Å². The zero-order valence-electron chi connectivity index (χ0n) is 18.7. The highest BCUT2D eigenvalue weighted by atomic mass is 79.9. The number of hydrogen-bond acceptors (Lipinski definition) is 5. The van der Waals surface area contributed by atoms with E-state index in [-0.39, 0.29) is 19.1 Å². The molecule has 5 nitrogen and oxygen atoms in total. The van der Waals surface area contributed by atoms with E-state index < -0.39 is 18.0 Å². The van der Waals surface area contributed by atoms with Crippen molar-refractivity contribution in [2.24, 2.45) is 0 Å². The fourth-order valence-electron chi connectivity index (χ4n) is 4.09. The van der Waals surface area contributed by atoms with Gasteiger partial charge in [0.15, 0.2) is 0 Å². The van der Waals surface area contributed by atoms with Crippen molar-refractivity contribution in [3.8, 4) is 5.75 Å². The Balaban J connectivity index is 2.05. The Morgan fingerprint density at radius 1 is 1.19 bits per heavy atom. The fourth-order valence-corrected chi connectivity index (χ4v) is 4.55. The summed E-state index contributed by atoms with van der Waals surface area (Å²) in [6, 6.07) is 12.6. The second-order valence-corrected chi connectivity index (χ2v) is 9.28. The number of methoxy groups -OCH3 is 1. The van der Waals surface area contributed by atoms with Crippen LogP contribution in [0.2, 0.25) is 0 Å². The third-order valence-electron chi connectivity index (χ3n) is 5.68. The first-order valence-electron chi connectivity index (χ1n) is 10.9. The zero-order chi connectivity index (χ0) is 22.6. The second kappa shape index (κ2) is 10.5. The van der Waals surface area contributed by atoms with Crippen molar-refractivity contribution in [1.82, 2.24) is 0 Å². The van der Waals surface area contributed by atoms with Gasteiger partial charge in [0.25, 0.3) is 0 Å². The minimum Gasteiger partial charge on any atom is -0.490 e. The average molecular weight is 493 g/mol. The molecular formula is C25H33BrO5. The molecule has 0 aliphatic carbocycles. The van der Waals surface area contributed by atoms with Crippen molar-refractivity contribution in [2.45, 2.75) is 70.6 Å². The molecule has 0 aromatic heterocycles. The van der Waals surface area contributed by atoms with E-state index in [1.807, 2.05) is 26.0 Å². The van der Waals surface area contributed by atoms with Gasteiger partial charge in [0, 0.05) is 24.4 Å². The molecule has 3 unspecified atom stereocenters. The van der Waals surface area contributed by atoms with Gasteiger partial charge in [-0.05, 0) is 55.5 Å². The highest BCUT2D eigenvalue weighted by Gasteiger charge is 2.45. The van der Waals surface area contributed by atoms with Crippen LogP contribution in [-0.2, 0) is 28.1 Å². The molecule has 3 atom stereocenters. The summed E-state index contributed by atoms with van der Waals surface area (Å²) in [6.45, 7) is 5.89. The lowest BCUT2D eigenvalue weighted by molar-refractivity contribution is -0.299. The Morgan fingerprint density at radius 2 is 1.87 bits per heavy atom. The quantitative estimate of drug-likeness (QED) is 0.557. The first-order valence-corrected chi connectivity index (χ1v) is 11.7. The predicted molar refractivity (Wildman–Crippen MR) is 124 cm³/mol. The number of ether oxygens (including phenoxy) is 3. The summed E-state index contributed by atoms with van der Waals surface area (Å²) in [6.07, 6.45) is 1.17. The number of aliphatic hydroxyl groups is 2. The van der Waals surface area contributed by atoms with Crippen LogP contribution in [0, 0.1) is 0 Å². The van der Waals surface area contributed by atoms with Crippen molar-refractivity contribution < 1.29 is 24.4 Å². The highest BCUT2D eigenvalue weighted by Crippen LogP contribution is 2.45. The van der Waals surface area contributed by atoms with E-state index in [1.165, 1.54) is 11.1 Å². The molecule has 1 aliphatic heterocycles. The van der Waals surface area contributed by atoms with Crippen LogP contribution in [-0.4, -0.2) is 42.2 Å². The summed E-state index contributed by atoms with van der Waals surface area (Å²) < 4.78 is 19.1. The third-order valence-corrected chi connectivity index (χ3v) is 6.42. The van der Waals surface area contributed by atoms with Gasteiger partial charge in [-0.2, -0.15) is 0 Å². The highest BCUT2D eigenvalue weighted by molar-refractivity contribution is 9.10. The van der Waals surface area contributed by atoms with E-state index in [1.54, 1.807) is 7.11 Å². The molecule has 170 valence electrons. The van der Waals surface area contributed by atoms with Gasteiger partial charge in [-0.3, -0.25) is 0 Å². The van der Waals surface area contributed by atoms with Crippen molar-refractivity contribution in [3.05, 3.63) is 63.1 Å². The zero-order valence-corrected chi connectivity index (χ0v) is 20.3. The van der Waals surface area contributed by atoms with Gasteiger partial charge in [-0.1, -0.05) is 47.1 Å². The molecule has 1 saturated heterocycles. The lowest BCUT2D eigenvalue weighted by atomic mass is 9.90. The topological polar surface area (TPSA) is 68.2 Å². The molecule has 2 aromatic carbocycles. The van der Waals surface area contributed by atoms with Crippen LogP contribution in [0.15, 0.2) is 40.9 Å². The normalized spacial score (nSPS) is 23.9. The first kappa shape index (κ1) is 24.2. The van der Waals surface area contributed by atoms with Gasteiger partial charge < -0.3 is 24.4 Å². The number of aliphatic hydroxyl groups excluding tert-OH is 2. The van der Waals surface area contributed by atoms with Gasteiger partial charge in [-0.15, -0.1) is 0 Å². The van der Waals surface area contributed by atoms with E-state index in [0.29, 0.717) is 12.2 Å². The second-order valence-electron chi connectivity index (χ2n) is 8.43. The van der Waals surface area contributed by atoms with Gasteiger partial charge in [0.05, 0.1) is 30.5 Å². The third kappa shape index (κ3) is 5.68.